The second-order valence-electron chi connectivity index (χ2n) is 3.66. The third-order valence-corrected chi connectivity index (χ3v) is 2.55. The molecule has 4 nitrogen and oxygen atoms in total. The third kappa shape index (κ3) is 1.94. The molecule has 0 fully saturated rings. The number of carbonyl (C=O) groups is 2. The summed E-state index contributed by atoms with van der Waals surface area (Å²) in [6, 6.07) is 5.14. The van der Waals surface area contributed by atoms with Crippen LogP contribution in [0.4, 0.5) is 5.69 Å². The lowest BCUT2D eigenvalue weighted by molar-refractivity contribution is -0.116. The van der Waals surface area contributed by atoms with Crippen LogP contribution in [-0.4, -0.2) is 18.2 Å². The van der Waals surface area contributed by atoms with Crippen molar-refractivity contribution in [3.05, 3.63) is 40.7 Å². The van der Waals surface area contributed by atoms with Gasteiger partial charge in [0.15, 0.2) is 0 Å². The lowest BCUT2D eigenvalue weighted by Gasteiger charge is -2.16. The van der Waals surface area contributed by atoms with E-state index < -0.39 is 0 Å². The van der Waals surface area contributed by atoms with Gasteiger partial charge in [0.05, 0.1) is 0 Å². The van der Waals surface area contributed by atoms with Crippen LogP contribution in [-0.2, 0) is 11.2 Å². The van der Waals surface area contributed by atoms with Gasteiger partial charge in [-0.2, -0.15) is 0 Å². The molecular weight excluding hydrogens is 204 g/mol. The summed E-state index contributed by atoms with van der Waals surface area (Å²) in [4.78, 5) is 25.7. The smallest absolute Gasteiger partial charge is 0.276 e. The van der Waals surface area contributed by atoms with Gasteiger partial charge in [-0.1, -0.05) is 0 Å². The number of ketones is 1. The molecule has 1 aliphatic rings. The second kappa shape index (κ2) is 4.15. The van der Waals surface area contributed by atoms with Crippen molar-refractivity contribution in [3.63, 3.8) is 0 Å². The van der Waals surface area contributed by atoms with Crippen LogP contribution in [0.1, 0.15) is 22.3 Å². The van der Waals surface area contributed by atoms with Crippen LogP contribution in [0.2, 0.25) is 0 Å². The lowest BCUT2D eigenvalue weighted by Crippen LogP contribution is -2.19. The van der Waals surface area contributed by atoms with Crippen LogP contribution in [0.15, 0.2) is 18.2 Å². The zero-order valence-corrected chi connectivity index (χ0v) is 8.62. The molecule has 0 unspecified atom stereocenters. The van der Waals surface area contributed by atoms with Crippen molar-refractivity contribution in [1.82, 2.24) is 0 Å². The van der Waals surface area contributed by atoms with E-state index in [0.29, 0.717) is 18.4 Å². The Hall–Kier alpha value is -2.15. The Bertz CT molecular complexity index is 500. The van der Waals surface area contributed by atoms with Crippen molar-refractivity contribution >= 4 is 17.4 Å². The number of Topliss-reactive ketones (excluding diaryl/α,β-unsaturated/α-hetero) is 1. The molecule has 1 aromatic rings. The first-order valence-corrected chi connectivity index (χ1v) is 5.00. The molecule has 16 heavy (non-hydrogen) atoms. The van der Waals surface area contributed by atoms with Crippen molar-refractivity contribution in [3.8, 4) is 0 Å². The van der Waals surface area contributed by atoms with Crippen molar-refractivity contribution in [2.45, 2.75) is 12.8 Å². The highest BCUT2D eigenvalue weighted by Crippen LogP contribution is 2.23. The largest absolute Gasteiger partial charge is 0.326 e. The maximum absolute atomic E-state index is 11.5. The molecule has 0 spiro atoms. The summed E-state index contributed by atoms with van der Waals surface area (Å²) in [6.45, 7) is 6.52. The minimum atomic E-state index is -0.172. The molecule has 0 atom stereocenters. The quantitative estimate of drug-likeness (QED) is 0.601. The number of benzene rings is 1. The molecule has 1 aromatic carbocycles. The standard InChI is InChI=1S/C12H10N2O2/c1-13-7-11(15)9-2-4-10-8(6-9)3-5-12(16)14-10/h2,4,6H,3,5,7H2,(H,14,16). The fraction of sp³-hybridized carbons (Fsp3) is 0.250. The second-order valence-corrected chi connectivity index (χ2v) is 3.66. The number of fused-ring (bicyclic) bond motifs is 1. The Morgan fingerprint density at radius 1 is 1.44 bits per heavy atom. The Labute approximate surface area is 93.1 Å². The molecule has 1 N–H and O–H groups in total. The van der Waals surface area contributed by atoms with Crippen molar-refractivity contribution < 1.29 is 9.59 Å². The Balaban J connectivity index is 2.30. The summed E-state index contributed by atoms with van der Waals surface area (Å²) in [7, 11) is 0. The minimum Gasteiger partial charge on any atom is -0.326 e. The monoisotopic (exact) mass is 214 g/mol. The molecule has 0 radical (unpaired) electrons. The Morgan fingerprint density at radius 2 is 2.25 bits per heavy atom. The van der Waals surface area contributed by atoms with E-state index in [1.807, 2.05) is 0 Å². The molecule has 0 aliphatic carbocycles. The van der Waals surface area contributed by atoms with Crippen LogP contribution >= 0.6 is 0 Å². The molecule has 2 rings (SSSR count). The molecule has 80 valence electrons. The van der Waals surface area contributed by atoms with Gasteiger partial charge in [-0.15, -0.1) is 0 Å². The number of hydrogen-bond donors (Lipinski definition) is 1. The number of anilines is 1. The van der Waals surface area contributed by atoms with E-state index in [-0.39, 0.29) is 18.2 Å². The maximum atomic E-state index is 11.5. The Morgan fingerprint density at radius 3 is 3.00 bits per heavy atom. The fourth-order valence-corrected chi connectivity index (χ4v) is 1.72. The van der Waals surface area contributed by atoms with Gasteiger partial charge in [0.1, 0.15) is 0 Å². The van der Waals surface area contributed by atoms with E-state index in [1.54, 1.807) is 18.2 Å². The van der Waals surface area contributed by atoms with Gasteiger partial charge < -0.3 is 10.2 Å². The van der Waals surface area contributed by atoms with Gasteiger partial charge in [-0.05, 0) is 30.2 Å². The van der Waals surface area contributed by atoms with Crippen LogP contribution in [0.25, 0.3) is 4.85 Å². The van der Waals surface area contributed by atoms with Gasteiger partial charge in [0, 0.05) is 17.7 Å². The van der Waals surface area contributed by atoms with Crippen molar-refractivity contribution in [2.24, 2.45) is 0 Å². The summed E-state index contributed by atoms with van der Waals surface area (Å²) in [6.07, 6.45) is 1.10. The highest BCUT2D eigenvalue weighted by atomic mass is 16.1. The molecule has 1 amide bonds. The molecular formula is C12H10N2O2. The summed E-state index contributed by atoms with van der Waals surface area (Å²) < 4.78 is 0. The molecule has 4 heteroatoms. The molecule has 1 heterocycles. The topological polar surface area (TPSA) is 50.5 Å². The van der Waals surface area contributed by atoms with E-state index >= 15 is 0 Å². The number of nitrogens with one attached hydrogen (secondary N) is 1. The Kier molecular flexibility index (Phi) is 2.69. The minimum absolute atomic E-state index is 0.00716. The molecule has 0 bridgehead atoms. The molecule has 0 saturated carbocycles. The normalized spacial score (nSPS) is 13.6. The van der Waals surface area contributed by atoms with E-state index in [1.165, 1.54) is 0 Å². The molecule has 0 aromatic heterocycles. The average molecular weight is 214 g/mol. The number of amides is 1. The summed E-state index contributed by atoms with van der Waals surface area (Å²) in [5.74, 6) is -0.164. The first-order chi connectivity index (χ1) is 7.70. The predicted molar refractivity (Wildman–Crippen MR) is 59.2 cm³/mol. The number of hydrogen-bond acceptors (Lipinski definition) is 2. The van der Waals surface area contributed by atoms with Gasteiger partial charge in [-0.3, -0.25) is 9.59 Å². The van der Waals surface area contributed by atoms with Gasteiger partial charge in [0.2, 0.25) is 11.7 Å². The molecule has 0 saturated heterocycles. The number of rotatable bonds is 2. The maximum Gasteiger partial charge on any atom is 0.276 e. The van der Waals surface area contributed by atoms with Crippen molar-refractivity contribution in [1.29, 1.82) is 0 Å². The fourth-order valence-electron chi connectivity index (χ4n) is 1.72. The van der Waals surface area contributed by atoms with E-state index in [2.05, 4.69) is 10.2 Å². The highest BCUT2D eigenvalue weighted by molar-refractivity contribution is 6.00. The average Bonchev–Trinajstić information content (AvgIpc) is 2.28. The highest BCUT2D eigenvalue weighted by Gasteiger charge is 2.17. The lowest BCUT2D eigenvalue weighted by atomic mass is 9.99. The number of carbonyl (C=O) groups excluding carboxylic acids is 2. The van der Waals surface area contributed by atoms with Crippen LogP contribution in [0.3, 0.4) is 0 Å². The van der Waals surface area contributed by atoms with Gasteiger partial charge in [0.25, 0.3) is 6.54 Å². The van der Waals surface area contributed by atoms with E-state index in [0.717, 1.165) is 11.3 Å². The van der Waals surface area contributed by atoms with Crippen LogP contribution in [0, 0.1) is 6.57 Å². The van der Waals surface area contributed by atoms with Crippen molar-refractivity contribution in [2.75, 3.05) is 11.9 Å². The van der Waals surface area contributed by atoms with Crippen LogP contribution in [0.5, 0.6) is 0 Å². The zero-order chi connectivity index (χ0) is 11.5. The zero-order valence-electron chi connectivity index (χ0n) is 8.62. The van der Waals surface area contributed by atoms with Gasteiger partial charge in [-0.25, -0.2) is 6.57 Å². The van der Waals surface area contributed by atoms with Gasteiger partial charge >= 0.3 is 0 Å². The summed E-state index contributed by atoms with van der Waals surface area (Å²) in [5, 5.41) is 2.75. The SMILES string of the molecule is [C-]#[N+]CC(=O)c1ccc2c(c1)CCC(=O)N2. The third-order valence-electron chi connectivity index (χ3n) is 2.55. The predicted octanol–water partition coefficient (Wildman–Crippen LogP) is 1.67. The van der Waals surface area contributed by atoms with E-state index in [4.69, 9.17) is 6.57 Å². The first-order valence-electron chi connectivity index (χ1n) is 5.00. The summed E-state index contributed by atoms with van der Waals surface area (Å²) >= 11 is 0. The number of nitrogens with zero attached hydrogens (tertiary/aromatic N) is 1. The summed E-state index contributed by atoms with van der Waals surface area (Å²) in [5.41, 5.74) is 2.29. The number of aryl methyl sites for hydroxylation is 1. The van der Waals surface area contributed by atoms with E-state index in [9.17, 15) is 9.59 Å². The van der Waals surface area contributed by atoms with Crippen LogP contribution < -0.4 is 5.32 Å². The first kappa shape index (κ1) is 10.4. The molecule has 1 aliphatic heterocycles.